The second-order valence-electron chi connectivity index (χ2n) is 3.23. The summed E-state index contributed by atoms with van der Waals surface area (Å²) in [7, 11) is 1.51. The molecule has 3 N–H and O–H groups in total. The van der Waals surface area contributed by atoms with Crippen molar-refractivity contribution in [2.24, 2.45) is 5.73 Å². The number of aromatic nitrogens is 3. The fourth-order valence-electron chi connectivity index (χ4n) is 1.35. The summed E-state index contributed by atoms with van der Waals surface area (Å²) in [4.78, 5) is 8.18. The molecular weight excluding hydrogens is 232 g/mol. The number of hydrogen-bond donors (Lipinski definition) is 2. The van der Waals surface area contributed by atoms with Crippen LogP contribution in [-0.4, -0.2) is 33.2 Å². The molecule has 0 fully saturated rings. The first-order valence-electron chi connectivity index (χ1n) is 4.61. The molecule has 0 saturated heterocycles. The second kappa shape index (κ2) is 4.25. The standard InChI is InChI=1S/C9H11ClN4O2/c1-16-7-3-14-6(2-12-7)13-8(9(14)10)5(11)4-15/h2-3,5,15H,4,11H2,1H3. The van der Waals surface area contributed by atoms with Crippen molar-refractivity contribution in [1.29, 1.82) is 0 Å². The molecule has 0 bridgehead atoms. The molecular formula is C9H11ClN4O2. The highest BCUT2D eigenvalue weighted by Gasteiger charge is 2.16. The van der Waals surface area contributed by atoms with E-state index in [-0.39, 0.29) is 6.61 Å². The molecule has 0 aliphatic heterocycles. The smallest absolute Gasteiger partial charge is 0.230 e. The quantitative estimate of drug-likeness (QED) is 0.813. The molecule has 16 heavy (non-hydrogen) atoms. The Bertz CT molecular complexity index is 513. The third-order valence-electron chi connectivity index (χ3n) is 2.21. The molecule has 0 saturated carbocycles. The van der Waals surface area contributed by atoms with Crippen LogP contribution in [0.4, 0.5) is 0 Å². The van der Waals surface area contributed by atoms with E-state index in [9.17, 15) is 0 Å². The summed E-state index contributed by atoms with van der Waals surface area (Å²) >= 11 is 6.09. The first-order valence-corrected chi connectivity index (χ1v) is 4.99. The maximum atomic E-state index is 8.97. The molecule has 86 valence electrons. The molecule has 6 nitrogen and oxygen atoms in total. The Kier molecular flexibility index (Phi) is 2.95. The molecule has 1 atom stereocenters. The van der Waals surface area contributed by atoms with Gasteiger partial charge in [0.1, 0.15) is 5.15 Å². The average molecular weight is 243 g/mol. The van der Waals surface area contributed by atoms with Crippen LogP contribution in [-0.2, 0) is 0 Å². The maximum absolute atomic E-state index is 8.97. The van der Waals surface area contributed by atoms with Gasteiger partial charge in [-0.3, -0.25) is 4.40 Å². The minimum atomic E-state index is -0.599. The summed E-state index contributed by atoms with van der Waals surface area (Å²) < 4.78 is 6.58. The van der Waals surface area contributed by atoms with Gasteiger partial charge in [-0.05, 0) is 0 Å². The number of aliphatic hydroxyl groups excluding tert-OH is 1. The lowest BCUT2D eigenvalue weighted by molar-refractivity contribution is 0.266. The Morgan fingerprint density at radius 3 is 3.06 bits per heavy atom. The van der Waals surface area contributed by atoms with Crippen molar-refractivity contribution in [3.8, 4) is 5.88 Å². The lowest BCUT2D eigenvalue weighted by Gasteiger charge is -2.03. The van der Waals surface area contributed by atoms with Crippen LogP contribution in [0.2, 0.25) is 5.15 Å². The third kappa shape index (κ3) is 1.71. The van der Waals surface area contributed by atoms with Gasteiger partial charge in [0.05, 0.1) is 37.8 Å². The maximum Gasteiger partial charge on any atom is 0.230 e. The van der Waals surface area contributed by atoms with Crippen LogP contribution in [0.1, 0.15) is 11.7 Å². The number of ether oxygens (including phenoxy) is 1. The first-order chi connectivity index (χ1) is 7.67. The van der Waals surface area contributed by atoms with Gasteiger partial charge in [-0.1, -0.05) is 11.6 Å². The Morgan fingerprint density at radius 2 is 2.44 bits per heavy atom. The van der Waals surface area contributed by atoms with E-state index in [1.54, 1.807) is 10.6 Å². The number of fused-ring (bicyclic) bond motifs is 1. The van der Waals surface area contributed by atoms with Crippen molar-refractivity contribution in [2.75, 3.05) is 13.7 Å². The fraction of sp³-hybridized carbons (Fsp3) is 0.333. The van der Waals surface area contributed by atoms with Crippen molar-refractivity contribution >= 4 is 17.2 Å². The Balaban J connectivity index is 2.59. The van der Waals surface area contributed by atoms with Gasteiger partial charge < -0.3 is 15.6 Å². The van der Waals surface area contributed by atoms with E-state index in [0.717, 1.165) is 0 Å². The van der Waals surface area contributed by atoms with E-state index < -0.39 is 6.04 Å². The normalized spacial score (nSPS) is 13.0. The zero-order valence-electron chi connectivity index (χ0n) is 8.59. The average Bonchev–Trinajstić information content (AvgIpc) is 2.65. The number of nitrogens with two attached hydrogens (primary N) is 1. The van der Waals surface area contributed by atoms with Crippen molar-refractivity contribution in [3.05, 3.63) is 23.2 Å². The van der Waals surface area contributed by atoms with Gasteiger partial charge in [0, 0.05) is 0 Å². The van der Waals surface area contributed by atoms with E-state index in [0.29, 0.717) is 22.4 Å². The highest BCUT2D eigenvalue weighted by molar-refractivity contribution is 6.30. The molecule has 2 heterocycles. The molecule has 0 radical (unpaired) electrons. The third-order valence-corrected chi connectivity index (χ3v) is 2.58. The van der Waals surface area contributed by atoms with Crippen LogP contribution >= 0.6 is 11.6 Å². The molecule has 0 aliphatic rings. The van der Waals surface area contributed by atoms with Gasteiger partial charge in [0.15, 0.2) is 5.65 Å². The largest absolute Gasteiger partial charge is 0.480 e. The molecule has 2 rings (SSSR count). The highest BCUT2D eigenvalue weighted by atomic mass is 35.5. The molecule has 0 aromatic carbocycles. The lowest BCUT2D eigenvalue weighted by Crippen LogP contribution is -2.15. The topological polar surface area (TPSA) is 85.7 Å². The summed E-state index contributed by atoms with van der Waals surface area (Å²) in [5.74, 6) is 0.427. The van der Waals surface area contributed by atoms with Crippen molar-refractivity contribution in [1.82, 2.24) is 14.4 Å². The van der Waals surface area contributed by atoms with E-state index >= 15 is 0 Å². The SMILES string of the molecule is COc1cn2c(Cl)c(C(N)CO)nc2cn1. The van der Waals surface area contributed by atoms with E-state index in [4.69, 9.17) is 27.2 Å². The second-order valence-corrected chi connectivity index (χ2v) is 3.59. The van der Waals surface area contributed by atoms with Crippen molar-refractivity contribution in [3.63, 3.8) is 0 Å². The van der Waals surface area contributed by atoms with Gasteiger partial charge >= 0.3 is 0 Å². The summed E-state index contributed by atoms with van der Waals surface area (Å²) in [5, 5.41) is 9.32. The number of hydrogen-bond acceptors (Lipinski definition) is 5. The molecule has 2 aromatic rings. The van der Waals surface area contributed by atoms with Gasteiger partial charge in [-0.25, -0.2) is 9.97 Å². The Morgan fingerprint density at radius 1 is 1.69 bits per heavy atom. The van der Waals surface area contributed by atoms with E-state index in [1.807, 2.05) is 0 Å². The number of halogens is 1. The van der Waals surface area contributed by atoms with Crippen LogP contribution < -0.4 is 10.5 Å². The van der Waals surface area contributed by atoms with Gasteiger partial charge in [0.2, 0.25) is 5.88 Å². The fourth-order valence-corrected chi connectivity index (χ4v) is 1.67. The highest BCUT2D eigenvalue weighted by Crippen LogP contribution is 2.23. The van der Waals surface area contributed by atoms with Crippen LogP contribution in [0.3, 0.4) is 0 Å². The number of rotatable bonds is 3. The first kappa shape index (κ1) is 11.1. The monoisotopic (exact) mass is 242 g/mol. The molecule has 0 aliphatic carbocycles. The lowest BCUT2D eigenvalue weighted by atomic mass is 10.2. The van der Waals surface area contributed by atoms with Crippen molar-refractivity contribution in [2.45, 2.75) is 6.04 Å². The van der Waals surface area contributed by atoms with Crippen molar-refractivity contribution < 1.29 is 9.84 Å². The number of imidazole rings is 1. The summed E-state index contributed by atoms with van der Waals surface area (Å²) in [6.45, 7) is -0.214. The van der Waals surface area contributed by atoms with E-state index in [1.165, 1.54) is 13.3 Å². The summed E-state index contributed by atoms with van der Waals surface area (Å²) in [6.07, 6.45) is 3.14. The molecule has 0 amide bonds. The Hall–Kier alpha value is -1.37. The number of aliphatic hydroxyl groups is 1. The van der Waals surface area contributed by atoms with Gasteiger partial charge in [-0.2, -0.15) is 0 Å². The molecule has 7 heteroatoms. The minimum Gasteiger partial charge on any atom is -0.480 e. The predicted molar refractivity (Wildman–Crippen MR) is 58.6 cm³/mol. The number of nitrogens with zero attached hydrogens (tertiary/aromatic N) is 3. The van der Waals surface area contributed by atoms with Gasteiger partial charge in [-0.15, -0.1) is 0 Å². The van der Waals surface area contributed by atoms with Crippen LogP contribution in [0.5, 0.6) is 5.88 Å². The predicted octanol–water partition coefficient (Wildman–Crippen LogP) is 0.383. The molecule has 1 unspecified atom stereocenters. The zero-order chi connectivity index (χ0) is 11.7. The van der Waals surface area contributed by atoms with Gasteiger partial charge in [0.25, 0.3) is 0 Å². The van der Waals surface area contributed by atoms with E-state index in [2.05, 4.69) is 9.97 Å². The Labute approximate surface area is 96.6 Å². The number of methoxy groups -OCH3 is 1. The molecule has 0 spiro atoms. The zero-order valence-corrected chi connectivity index (χ0v) is 9.35. The summed E-state index contributed by atoms with van der Waals surface area (Å²) in [6, 6.07) is -0.599. The van der Waals surface area contributed by atoms with Crippen LogP contribution in [0, 0.1) is 0 Å². The molecule has 2 aromatic heterocycles. The summed E-state index contributed by atoms with van der Waals surface area (Å²) in [5.41, 5.74) is 6.67. The van der Waals surface area contributed by atoms with Crippen LogP contribution in [0.25, 0.3) is 5.65 Å². The minimum absolute atomic E-state index is 0.214. The van der Waals surface area contributed by atoms with Crippen LogP contribution in [0.15, 0.2) is 12.4 Å².